The van der Waals surface area contributed by atoms with E-state index < -0.39 is 0 Å². The summed E-state index contributed by atoms with van der Waals surface area (Å²) in [5, 5.41) is 5.78. The van der Waals surface area contributed by atoms with Gasteiger partial charge in [-0.3, -0.25) is 4.79 Å². The van der Waals surface area contributed by atoms with Gasteiger partial charge in [-0.05, 0) is 59.7 Å². The Morgan fingerprint density at radius 2 is 1.81 bits per heavy atom. The van der Waals surface area contributed by atoms with E-state index in [0.717, 1.165) is 27.6 Å². The summed E-state index contributed by atoms with van der Waals surface area (Å²) in [4.78, 5) is 17.6. The zero-order chi connectivity index (χ0) is 18.1. The number of hydrogen-bond acceptors (Lipinski definition) is 3. The van der Waals surface area contributed by atoms with E-state index >= 15 is 0 Å². The number of carbonyl (C=O) groups is 1. The van der Waals surface area contributed by atoms with Gasteiger partial charge in [0.05, 0.1) is 10.6 Å². The average molecular weight is 358 g/mol. The number of benzene rings is 3. The molecule has 1 amide bonds. The molecule has 3 nitrogen and oxygen atoms in total. The first-order valence-electron chi connectivity index (χ1n) is 8.45. The average Bonchev–Trinajstić information content (AvgIpc) is 2.97. The van der Waals surface area contributed by atoms with Gasteiger partial charge in [-0.2, -0.15) is 0 Å². The van der Waals surface area contributed by atoms with E-state index in [-0.39, 0.29) is 5.91 Å². The molecule has 0 radical (unpaired) electrons. The Balaban J connectivity index is 1.67. The Hall–Kier alpha value is -2.85. The Morgan fingerprint density at radius 1 is 1.00 bits per heavy atom. The molecule has 1 aliphatic heterocycles. The lowest BCUT2D eigenvalue weighted by atomic mass is 10.0. The number of thioether (sulfide) groups is 1. The van der Waals surface area contributed by atoms with E-state index in [1.807, 2.05) is 49.4 Å². The minimum absolute atomic E-state index is 0.105. The molecule has 4 rings (SSSR count). The van der Waals surface area contributed by atoms with Crippen LogP contribution in [0.3, 0.4) is 0 Å². The zero-order valence-electron chi connectivity index (χ0n) is 14.6. The molecule has 3 aromatic carbocycles. The van der Waals surface area contributed by atoms with Crippen LogP contribution in [-0.2, 0) is 4.79 Å². The fourth-order valence-corrected chi connectivity index (χ4v) is 3.86. The number of aryl methyl sites for hydroxylation is 2. The van der Waals surface area contributed by atoms with Crippen LogP contribution in [0.4, 0.5) is 5.69 Å². The van der Waals surface area contributed by atoms with E-state index in [1.165, 1.54) is 17.3 Å². The topological polar surface area (TPSA) is 41.5 Å². The summed E-state index contributed by atoms with van der Waals surface area (Å²) in [5.41, 5.74) is 4.21. The number of amides is 1. The summed E-state index contributed by atoms with van der Waals surface area (Å²) >= 11 is 1.38. The molecule has 4 heteroatoms. The first-order valence-corrected chi connectivity index (χ1v) is 9.26. The van der Waals surface area contributed by atoms with Gasteiger partial charge in [0.2, 0.25) is 0 Å². The number of amidine groups is 1. The summed E-state index contributed by atoms with van der Waals surface area (Å²) < 4.78 is 0. The van der Waals surface area contributed by atoms with Crippen molar-refractivity contribution in [2.75, 3.05) is 0 Å². The maximum Gasteiger partial charge on any atom is 0.264 e. The fraction of sp³-hybridized carbons (Fsp3) is 0.0909. The van der Waals surface area contributed by atoms with Gasteiger partial charge in [0, 0.05) is 0 Å². The number of hydrogen-bond donors (Lipinski definition) is 1. The lowest BCUT2D eigenvalue weighted by Gasteiger charge is -2.02. The van der Waals surface area contributed by atoms with Gasteiger partial charge in [-0.25, -0.2) is 4.99 Å². The number of carbonyl (C=O) groups excluding carboxylic acids is 1. The van der Waals surface area contributed by atoms with Gasteiger partial charge < -0.3 is 5.32 Å². The van der Waals surface area contributed by atoms with Gasteiger partial charge in [-0.1, -0.05) is 60.2 Å². The largest absolute Gasteiger partial charge is 0.300 e. The van der Waals surface area contributed by atoms with E-state index in [2.05, 4.69) is 41.5 Å². The minimum atomic E-state index is -0.105. The van der Waals surface area contributed by atoms with Crippen molar-refractivity contribution in [2.24, 2.45) is 4.99 Å². The first-order chi connectivity index (χ1) is 12.6. The van der Waals surface area contributed by atoms with Crippen LogP contribution < -0.4 is 5.32 Å². The van der Waals surface area contributed by atoms with Gasteiger partial charge >= 0.3 is 0 Å². The highest BCUT2D eigenvalue weighted by molar-refractivity contribution is 8.18. The third-order valence-corrected chi connectivity index (χ3v) is 5.24. The van der Waals surface area contributed by atoms with Crippen LogP contribution in [-0.4, -0.2) is 11.1 Å². The quantitative estimate of drug-likeness (QED) is 0.628. The highest BCUT2D eigenvalue weighted by Gasteiger charge is 2.24. The highest BCUT2D eigenvalue weighted by atomic mass is 32.2. The van der Waals surface area contributed by atoms with Crippen LogP contribution in [0.15, 0.2) is 70.6 Å². The second-order valence-electron chi connectivity index (χ2n) is 6.34. The lowest BCUT2D eigenvalue weighted by Crippen LogP contribution is -2.19. The van der Waals surface area contributed by atoms with Gasteiger partial charge in [-0.15, -0.1) is 0 Å². The number of rotatable bonds is 2. The Morgan fingerprint density at radius 3 is 2.65 bits per heavy atom. The lowest BCUT2D eigenvalue weighted by molar-refractivity contribution is -0.115. The van der Waals surface area contributed by atoms with E-state index in [0.29, 0.717) is 10.1 Å². The van der Waals surface area contributed by atoms with Gasteiger partial charge in [0.15, 0.2) is 5.17 Å². The van der Waals surface area contributed by atoms with Crippen LogP contribution in [0, 0.1) is 13.8 Å². The molecular weight excluding hydrogens is 340 g/mol. The molecule has 3 aromatic rings. The van der Waals surface area contributed by atoms with Crippen LogP contribution in [0.1, 0.15) is 16.7 Å². The molecule has 0 spiro atoms. The van der Waals surface area contributed by atoms with Crippen molar-refractivity contribution in [1.29, 1.82) is 0 Å². The molecule has 0 bridgehead atoms. The van der Waals surface area contributed by atoms with E-state index in [9.17, 15) is 4.79 Å². The predicted octanol–water partition coefficient (Wildman–Crippen LogP) is 5.35. The van der Waals surface area contributed by atoms with E-state index in [4.69, 9.17) is 0 Å². The molecule has 1 heterocycles. The fourth-order valence-electron chi connectivity index (χ4n) is 3.04. The predicted molar refractivity (Wildman–Crippen MR) is 111 cm³/mol. The molecule has 1 saturated heterocycles. The molecular formula is C22H18N2OS. The summed E-state index contributed by atoms with van der Waals surface area (Å²) in [6, 6.07) is 20.4. The second-order valence-corrected chi connectivity index (χ2v) is 7.37. The summed E-state index contributed by atoms with van der Waals surface area (Å²) in [6.07, 6.45) is 1.94. The van der Waals surface area contributed by atoms with Crippen molar-refractivity contribution in [3.8, 4) is 0 Å². The molecule has 0 unspecified atom stereocenters. The molecule has 128 valence electrons. The summed E-state index contributed by atoms with van der Waals surface area (Å²) in [5.74, 6) is -0.105. The maximum atomic E-state index is 12.4. The number of nitrogens with zero attached hydrogens (tertiary/aromatic N) is 1. The first kappa shape index (κ1) is 16.6. The van der Waals surface area contributed by atoms with Crippen molar-refractivity contribution < 1.29 is 4.79 Å². The zero-order valence-corrected chi connectivity index (χ0v) is 15.4. The Kier molecular flexibility index (Phi) is 4.35. The second kappa shape index (κ2) is 6.81. The molecule has 1 N–H and O–H groups in total. The van der Waals surface area contributed by atoms with Crippen LogP contribution >= 0.6 is 11.8 Å². The monoisotopic (exact) mass is 358 g/mol. The minimum Gasteiger partial charge on any atom is -0.300 e. The highest BCUT2D eigenvalue weighted by Crippen LogP contribution is 2.31. The van der Waals surface area contributed by atoms with Gasteiger partial charge in [0.1, 0.15) is 0 Å². The molecule has 1 aliphatic rings. The number of aliphatic imine (C=N–C) groups is 1. The van der Waals surface area contributed by atoms with Crippen molar-refractivity contribution in [3.05, 3.63) is 82.3 Å². The molecule has 0 saturated carbocycles. The standard InChI is InChI=1S/C22H18N2OS/c1-14-10-11-19(15(2)12-14)23-22-24-21(25)20(26-22)13-17-8-5-7-16-6-3-4-9-18(16)17/h3-13H,1-2H3,(H,23,24,25). The molecule has 1 fully saturated rings. The van der Waals surface area contributed by atoms with Crippen LogP contribution in [0.2, 0.25) is 0 Å². The van der Waals surface area contributed by atoms with Crippen LogP contribution in [0.5, 0.6) is 0 Å². The van der Waals surface area contributed by atoms with Gasteiger partial charge in [0.25, 0.3) is 5.91 Å². The Bertz CT molecular complexity index is 1080. The number of nitrogens with one attached hydrogen (secondary N) is 1. The molecule has 0 aliphatic carbocycles. The van der Waals surface area contributed by atoms with Crippen molar-refractivity contribution in [2.45, 2.75) is 13.8 Å². The normalized spacial score (nSPS) is 17.2. The smallest absolute Gasteiger partial charge is 0.264 e. The SMILES string of the molecule is Cc1ccc(N=C2NC(=O)C(=Cc3cccc4ccccc34)S2)c(C)c1. The van der Waals surface area contributed by atoms with Crippen molar-refractivity contribution in [3.63, 3.8) is 0 Å². The van der Waals surface area contributed by atoms with Crippen molar-refractivity contribution >= 4 is 45.4 Å². The number of fused-ring (bicyclic) bond motifs is 1. The Labute approximate surface area is 156 Å². The van der Waals surface area contributed by atoms with E-state index in [1.54, 1.807) is 0 Å². The molecule has 0 atom stereocenters. The summed E-state index contributed by atoms with van der Waals surface area (Å²) in [7, 11) is 0. The summed E-state index contributed by atoms with van der Waals surface area (Å²) in [6.45, 7) is 4.09. The molecule has 26 heavy (non-hydrogen) atoms. The third kappa shape index (κ3) is 3.28. The third-order valence-electron chi connectivity index (χ3n) is 4.34. The maximum absolute atomic E-state index is 12.4. The molecule has 0 aromatic heterocycles. The van der Waals surface area contributed by atoms with Crippen LogP contribution in [0.25, 0.3) is 16.8 Å². The van der Waals surface area contributed by atoms with Crippen molar-refractivity contribution in [1.82, 2.24) is 5.32 Å².